The molecule has 0 bridgehead atoms. The van der Waals surface area contributed by atoms with Gasteiger partial charge < -0.3 is 20.1 Å². The van der Waals surface area contributed by atoms with Gasteiger partial charge in [0.15, 0.2) is 11.5 Å². The molecule has 0 atom stereocenters. The van der Waals surface area contributed by atoms with E-state index in [2.05, 4.69) is 17.2 Å². The monoisotopic (exact) mass is 382 g/mol. The van der Waals surface area contributed by atoms with Gasteiger partial charge in [-0.1, -0.05) is 26.5 Å². The van der Waals surface area contributed by atoms with Gasteiger partial charge in [0.2, 0.25) is 5.91 Å². The number of methoxy groups -OCH3 is 1. The molecule has 0 fully saturated rings. The Balaban J connectivity index is 2.02. The standard InChI is InChI=1S/C22H26N2O4/c1-5-12-28-19-11-6-16(14-20(19)27-4)22(26)24-18-9-7-17(8-10-18)23-21(25)13-15(2)3/h5-11,14-15H,1,12-13H2,2-4H3,(H,23,25)(H,24,26). The molecule has 0 spiro atoms. The molecule has 0 aliphatic heterocycles. The summed E-state index contributed by atoms with van der Waals surface area (Å²) in [5, 5.41) is 5.66. The van der Waals surface area contributed by atoms with Crippen molar-refractivity contribution in [2.75, 3.05) is 24.4 Å². The summed E-state index contributed by atoms with van der Waals surface area (Å²) in [6, 6.07) is 11.9. The van der Waals surface area contributed by atoms with Crippen LogP contribution in [0.3, 0.4) is 0 Å². The van der Waals surface area contributed by atoms with Crippen LogP contribution in [0.25, 0.3) is 0 Å². The highest BCUT2D eigenvalue weighted by molar-refractivity contribution is 6.04. The summed E-state index contributed by atoms with van der Waals surface area (Å²) in [4.78, 5) is 24.3. The minimum absolute atomic E-state index is 0.0300. The van der Waals surface area contributed by atoms with Gasteiger partial charge in [-0.25, -0.2) is 0 Å². The molecule has 0 unspecified atom stereocenters. The van der Waals surface area contributed by atoms with Crippen molar-refractivity contribution in [3.63, 3.8) is 0 Å². The first kappa shape index (κ1) is 21.0. The van der Waals surface area contributed by atoms with Gasteiger partial charge in [-0.15, -0.1) is 0 Å². The lowest BCUT2D eigenvalue weighted by Crippen LogP contribution is -2.14. The van der Waals surface area contributed by atoms with Crippen LogP contribution in [0, 0.1) is 5.92 Å². The van der Waals surface area contributed by atoms with Gasteiger partial charge >= 0.3 is 0 Å². The first-order chi connectivity index (χ1) is 13.4. The van der Waals surface area contributed by atoms with Crippen molar-refractivity contribution >= 4 is 23.2 Å². The number of hydrogen-bond donors (Lipinski definition) is 2. The van der Waals surface area contributed by atoms with E-state index in [1.54, 1.807) is 48.5 Å². The summed E-state index contributed by atoms with van der Waals surface area (Å²) in [5.41, 5.74) is 1.75. The van der Waals surface area contributed by atoms with Gasteiger partial charge in [-0.2, -0.15) is 0 Å². The van der Waals surface area contributed by atoms with E-state index in [4.69, 9.17) is 9.47 Å². The summed E-state index contributed by atoms with van der Waals surface area (Å²) >= 11 is 0. The zero-order chi connectivity index (χ0) is 20.5. The SMILES string of the molecule is C=CCOc1ccc(C(=O)Nc2ccc(NC(=O)CC(C)C)cc2)cc1OC. The van der Waals surface area contributed by atoms with E-state index < -0.39 is 0 Å². The molecule has 2 aromatic carbocycles. The summed E-state index contributed by atoms with van der Waals surface area (Å²) in [7, 11) is 1.52. The minimum Gasteiger partial charge on any atom is -0.493 e. The van der Waals surface area contributed by atoms with Crippen LogP contribution in [0.5, 0.6) is 11.5 Å². The fraction of sp³-hybridized carbons (Fsp3) is 0.273. The molecule has 148 valence electrons. The molecule has 0 saturated heterocycles. The second-order valence-electron chi connectivity index (χ2n) is 6.64. The molecule has 28 heavy (non-hydrogen) atoms. The molecule has 0 heterocycles. The number of rotatable bonds is 9. The molecule has 6 nitrogen and oxygen atoms in total. The number of amides is 2. The summed E-state index contributed by atoms with van der Waals surface area (Å²) in [6.07, 6.45) is 2.10. The Kier molecular flexibility index (Phi) is 7.63. The molecule has 0 aromatic heterocycles. The highest BCUT2D eigenvalue weighted by Crippen LogP contribution is 2.28. The van der Waals surface area contributed by atoms with E-state index in [0.29, 0.717) is 47.4 Å². The Hall–Kier alpha value is -3.28. The molecule has 2 rings (SSSR count). The van der Waals surface area contributed by atoms with Crippen LogP contribution in [0.2, 0.25) is 0 Å². The molecule has 0 radical (unpaired) electrons. The second kappa shape index (κ2) is 10.2. The van der Waals surface area contributed by atoms with Crippen LogP contribution in [0.4, 0.5) is 11.4 Å². The molecule has 2 amide bonds. The number of carbonyl (C=O) groups is 2. The summed E-state index contributed by atoms with van der Waals surface area (Å²) in [5.74, 6) is 1.00. The highest BCUT2D eigenvalue weighted by Gasteiger charge is 2.12. The number of benzene rings is 2. The molecule has 0 saturated carbocycles. The van der Waals surface area contributed by atoms with Gasteiger partial charge in [0.05, 0.1) is 7.11 Å². The zero-order valence-electron chi connectivity index (χ0n) is 16.5. The number of anilines is 2. The van der Waals surface area contributed by atoms with Gasteiger partial charge in [0.25, 0.3) is 5.91 Å². The van der Waals surface area contributed by atoms with Crippen LogP contribution in [0.15, 0.2) is 55.1 Å². The number of ether oxygens (including phenoxy) is 2. The largest absolute Gasteiger partial charge is 0.493 e. The molecule has 0 aliphatic rings. The predicted octanol–water partition coefficient (Wildman–Crippen LogP) is 4.50. The average molecular weight is 382 g/mol. The third-order valence-corrected chi connectivity index (χ3v) is 3.80. The van der Waals surface area contributed by atoms with Crippen molar-refractivity contribution in [3.05, 3.63) is 60.7 Å². The lowest BCUT2D eigenvalue weighted by molar-refractivity contribution is -0.116. The predicted molar refractivity (Wildman–Crippen MR) is 111 cm³/mol. The van der Waals surface area contributed by atoms with Crippen LogP contribution < -0.4 is 20.1 Å². The van der Waals surface area contributed by atoms with Crippen molar-refractivity contribution in [3.8, 4) is 11.5 Å². The molecular formula is C22H26N2O4. The maximum absolute atomic E-state index is 12.5. The number of carbonyl (C=O) groups excluding carboxylic acids is 2. The smallest absolute Gasteiger partial charge is 0.255 e. The van der Waals surface area contributed by atoms with E-state index in [1.807, 2.05) is 13.8 Å². The molecule has 2 N–H and O–H groups in total. The van der Waals surface area contributed by atoms with Gasteiger partial charge in [0.1, 0.15) is 6.61 Å². The van der Waals surface area contributed by atoms with E-state index in [-0.39, 0.29) is 11.8 Å². The van der Waals surface area contributed by atoms with Crippen molar-refractivity contribution < 1.29 is 19.1 Å². The van der Waals surface area contributed by atoms with Crippen LogP contribution in [-0.2, 0) is 4.79 Å². The van der Waals surface area contributed by atoms with Gasteiger partial charge in [0, 0.05) is 23.4 Å². The maximum Gasteiger partial charge on any atom is 0.255 e. The van der Waals surface area contributed by atoms with Gasteiger partial charge in [-0.3, -0.25) is 9.59 Å². The average Bonchev–Trinajstić information content (AvgIpc) is 2.67. The topological polar surface area (TPSA) is 76.7 Å². The molecule has 2 aromatic rings. The van der Waals surface area contributed by atoms with Gasteiger partial charge in [-0.05, 0) is 48.4 Å². The Morgan fingerprint density at radius 2 is 1.68 bits per heavy atom. The normalized spacial score (nSPS) is 10.3. The lowest BCUT2D eigenvalue weighted by atomic mass is 10.1. The first-order valence-electron chi connectivity index (χ1n) is 9.06. The van der Waals surface area contributed by atoms with E-state index >= 15 is 0 Å². The third kappa shape index (κ3) is 6.16. The first-order valence-corrected chi connectivity index (χ1v) is 9.06. The summed E-state index contributed by atoms with van der Waals surface area (Å²) < 4.78 is 10.8. The fourth-order valence-electron chi connectivity index (χ4n) is 2.50. The van der Waals surface area contributed by atoms with Crippen molar-refractivity contribution in [1.82, 2.24) is 0 Å². The maximum atomic E-state index is 12.5. The van der Waals surface area contributed by atoms with E-state index in [0.717, 1.165) is 0 Å². The molecule has 0 aliphatic carbocycles. The number of nitrogens with one attached hydrogen (secondary N) is 2. The van der Waals surface area contributed by atoms with Crippen LogP contribution in [-0.4, -0.2) is 25.5 Å². The van der Waals surface area contributed by atoms with Crippen molar-refractivity contribution in [2.45, 2.75) is 20.3 Å². The van der Waals surface area contributed by atoms with E-state index in [1.165, 1.54) is 7.11 Å². The third-order valence-electron chi connectivity index (χ3n) is 3.80. The molecule has 6 heteroatoms. The Labute approximate surface area is 165 Å². The van der Waals surface area contributed by atoms with Crippen LogP contribution in [0.1, 0.15) is 30.6 Å². The molecular weight excluding hydrogens is 356 g/mol. The Bertz CT molecular complexity index is 829. The Morgan fingerprint density at radius 3 is 2.25 bits per heavy atom. The van der Waals surface area contributed by atoms with Crippen molar-refractivity contribution in [2.24, 2.45) is 5.92 Å². The Morgan fingerprint density at radius 1 is 1.04 bits per heavy atom. The summed E-state index contributed by atoms with van der Waals surface area (Å²) in [6.45, 7) is 7.94. The quantitative estimate of drug-likeness (QED) is 0.626. The highest BCUT2D eigenvalue weighted by atomic mass is 16.5. The second-order valence-corrected chi connectivity index (χ2v) is 6.64. The van der Waals surface area contributed by atoms with Crippen LogP contribution >= 0.6 is 0 Å². The minimum atomic E-state index is -0.273. The lowest BCUT2D eigenvalue weighted by Gasteiger charge is -2.12. The fourth-order valence-corrected chi connectivity index (χ4v) is 2.50. The van der Waals surface area contributed by atoms with E-state index in [9.17, 15) is 9.59 Å². The zero-order valence-corrected chi connectivity index (χ0v) is 16.5. The van der Waals surface area contributed by atoms with Crippen molar-refractivity contribution in [1.29, 1.82) is 0 Å². The number of hydrogen-bond acceptors (Lipinski definition) is 4.